The number of sulfonamides is 1. The van der Waals surface area contributed by atoms with Crippen molar-refractivity contribution in [3.63, 3.8) is 0 Å². The van der Waals surface area contributed by atoms with Gasteiger partial charge >= 0.3 is 12.2 Å². The molecule has 20 nitrogen and oxygen atoms in total. The SMILES string of the molecule is CCS(=O)(=O)Nc1ccc(-c2nnn(C)c2NC(=O)O[C@H](C)c2cccnc2Cl)nc1.C[C@@H](OC(=O)Nc1c(-c2ccc(N)cn2)nnn1C)c1cccnc1Cl. The topological polar surface area (TPSA) is 262 Å². The molecule has 0 unspecified atom stereocenters. The zero-order valence-electron chi connectivity index (χ0n) is 31.0. The Balaban J connectivity index is 0.000000221. The van der Waals surface area contributed by atoms with Gasteiger partial charge in [-0.25, -0.2) is 37.3 Å². The van der Waals surface area contributed by atoms with Crippen molar-refractivity contribution >= 4 is 68.4 Å². The fourth-order valence-electron chi connectivity index (χ4n) is 4.83. The van der Waals surface area contributed by atoms with Crippen molar-refractivity contribution in [1.29, 1.82) is 0 Å². The number of nitrogens with one attached hydrogen (secondary N) is 3. The van der Waals surface area contributed by atoms with Crippen LogP contribution in [0.25, 0.3) is 22.8 Å². The van der Waals surface area contributed by atoms with Crippen molar-refractivity contribution < 1.29 is 27.5 Å². The Morgan fingerprint density at radius 1 is 0.754 bits per heavy atom. The molecule has 0 aromatic carbocycles. The number of nitrogen functional groups attached to an aromatic ring is 1. The minimum Gasteiger partial charge on any atom is -0.441 e. The lowest BCUT2D eigenvalue weighted by Crippen LogP contribution is -2.18. The molecule has 0 bridgehead atoms. The van der Waals surface area contributed by atoms with Crippen molar-refractivity contribution in [2.45, 2.75) is 33.0 Å². The number of rotatable bonds is 11. The molecule has 298 valence electrons. The second-order valence-corrected chi connectivity index (χ2v) is 14.6. The fourth-order valence-corrected chi connectivity index (χ4v) is 6.00. The molecule has 0 radical (unpaired) electrons. The molecule has 0 spiro atoms. The van der Waals surface area contributed by atoms with Gasteiger partial charge in [-0.15, -0.1) is 10.2 Å². The average Bonchev–Trinajstić information content (AvgIpc) is 3.72. The summed E-state index contributed by atoms with van der Waals surface area (Å²) in [5, 5.41) is 21.6. The predicted molar refractivity (Wildman–Crippen MR) is 211 cm³/mol. The van der Waals surface area contributed by atoms with E-state index in [1.807, 2.05) is 0 Å². The molecule has 0 saturated heterocycles. The van der Waals surface area contributed by atoms with Gasteiger partial charge in [-0.05, 0) is 57.2 Å². The lowest BCUT2D eigenvalue weighted by atomic mass is 10.2. The third-order valence-electron chi connectivity index (χ3n) is 7.80. The highest BCUT2D eigenvalue weighted by molar-refractivity contribution is 7.92. The maximum atomic E-state index is 12.4. The zero-order valence-corrected chi connectivity index (χ0v) is 33.3. The summed E-state index contributed by atoms with van der Waals surface area (Å²) in [7, 11) is -0.179. The Kier molecular flexibility index (Phi) is 13.5. The van der Waals surface area contributed by atoms with Crippen molar-refractivity contribution in [1.82, 2.24) is 49.9 Å². The monoisotopic (exact) mass is 838 g/mol. The van der Waals surface area contributed by atoms with Gasteiger partial charge in [0.25, 0.3) is 0 Å². The largest absolute Gasteiger partial charge is 0.441 e. The number of aromatic nitrogens is 10. The van der Waals surface area contributed by atoms with E-state index in [9.17, 15) is 18.0 Å². The number of carbonyl (C=O) groups excluding carboxylic acids is 2. The minimum atomic E-state index is -3.42. The van der Waals surface area contributed by atoms with Crippen molar-refractivity contribution in [3.05, 3.63) is 94.8 Å². The molecule has 0 fully saturated rings. The number of nitrogens with two attached hydrogens (primary N) is 1. The lowest BCUT2D eigenvalue weighted by Gasteiger charge is -2.15. The Hall–Kier alpha value is -6.45. The van der Waals surface area contributed by atoms with Gasteiger partial charge < -0.3 is 15.2 Å². The Morgan fingerprint density at radius 3 is 1.63 bits per heavy atom. The lowest BCUT2D eigenvalue weighted by molar-refractivity contribution is 0.120. The van der Waals surface area contributed by atoms with Crippen molar-refractivity contribution in [2.24, 2.45) is 14.1 Å². The maximum absolute atomic E-state index is 12.4. The third kappa shape index (κ3) is 10.9. The van der Waals surface area contributed by atoms with Gasteiger partial charge in [0.05, 0.1) is 40.9 Å². The van der Waals surface area contributed by atoms with Crippen LogP contribution in [0.4, 0.5) is 32.6 Å². The molecule has 6 aromatic rings. The first-order chi connectivity index (χ1) is 27.1. The van der Waals surface area contributed by atoms with Crippen LogP contribution in [0.3, 0.4) is 0 Å². The van der Waals surface area contributed by atoms with Gasteiger partial charge in [-0.3, -0.25) is 25.3 Å². The first-order valence-electron chi connectivity index (χ1n) is 16.8. The van der Waals surface area contributed by atoms with Gasteiger partial charge in [0.1, 0.15) is 22.5 Å². The first kappa shape index (κ1) is 41.7. The molecule has 6 aromatic heterocycles. The van der Waals surface area contributed by atoms with E-state index in [1.54, 1.807) is 82.7 Å². The summed E-state index contributed by atoms with van der Waals surface area (Å²) in [5.74, 6) is 0.540. The second kappa shape index (κ2) is 18.5. The van der Waals surface area contributed by atoms with Crippen LogP contribution in [0, 0.1) is 0 Å². The van der Waals surface area contributed by atoms with Crippen LogP contribution in [-0.2, 0) is 33.6 Å². The van der Waals surface area contributed by atoms with Crippen LogP contribution in [0.1, 0.15) is 44.1 Å². The van der Waals surface area contributed by atoms with Gasteiger partial charge in [-0.1, -0.05) is 45.8 Å². The summed E-state index contributed by atoms with van der Waals surface area (Å²) in [6.07, 6.45) is 3.30. The molecule has 57 heavy (non-hydrogen) atoms. The van der Waals surface area contributed by atoms with E-state index in [0.29, 0.717) is 45.4 Å². The van der Waals surface area contributed by atoms with Crippen LogP contribution in [-0.4, -0.2) is 76.3 Å². The summed E-state index contributed by atoms with van der Waals surface area (Å²) >= 11 is 12.1. The van der Waals surface area contributed by atoms with E-state index in [4.69, 9.17) is 38.4 Å². The highest BCUT2D eigenvalue weighted by atomic mass is 35.5. The maximum Gasteiger partial charge on any atom is 0.413 e. The predicted octanol–water partition coefficient (Wildman–Crippen LogP) is 5.81. The molecule has 23 heteroatoms. The van der Waals surface area contributed by atoms with Crippen LogP contribution in [0.15, 0.2) is 73.3 Å². The van der Waals surface area contributed by atoms with Crippen LogP contribution in [0.5, 0.6) is 0 Å². The number of hydrogen-bond acceptors (Lipinski definition) is 15. The van der Waals surface area contributed by atoms with E-state index in [-0.39, 0.29) is 27.6 Å². The third-order valence-corrected chi connectivity index (χ3v) is 9.74. The highest BCUT2D eigenvalue weighted by Gasteiger charge is 2.22. The normalized spacial score (nSPS) is 12.1. The van der Waals surface area contributed by atoms with Crippen LogP contribution < -0.4 is 21.1 Å². The van der Waals surface area contributed by atoms with Crippen LogP contribution >= 0.6 is 23.2 Å². The van der Waals surface area contributed by atoms with Gasteiger partial charge in [-0.2, -0.15) is 0 Å². The molecule has 0 aliphatic rings. The summed E-state index contributed by atoms with van der Waals surface area (Å²) in [6, 6.07) is 13.3. The van der Waals surface area contributed by atoms with Gasteiger partial charge in [0, 0.05) is 37.6 Å². The van der Waals surface area contributed by atoms with Gasteiger partial charge in [0.15, 0.2) is 23.0 Å². The van der Waals surface area contributed by atoms with E-state index in [1.165, 1.54) is 34.9 Å². The fraction of sp³-hybridized carbons (Fsp3) is 0.235. The molecule has 0 saturated carbocycles. The molecule has 5 N–H and O–H groups in total. The molecule has 2 atom stereocenters. The number of halogens is 2. The van der Waals surface area contributed by atoms with E-state index in [2.05, 4.69) is 55.9 Å². The zero-order chi connectivity index (χ0) is 41.3. The van der Waals surface area contributed by atoms with Gasteiger partial charge in [0.2, 0.25) is 10.0 Å². The van der Waals surface area contributed by atoms with E-state index < -0.39 is 34.4 Å². The van der Waals surface area contributed by atoms with Crippen molar-refractivity contribution in [3.8, 4) is 22.8 Å². The second-order valence-electron chi connectivity index (χ2n) is 11.8. The molecular formula is C34H36Cl2N14O6S. The Morgan fingerprint density at radius 2 is 1.23 bits per heavy atom. The number of ether oxygens (including phenoxy) is 2. The summed E-state index contributed by atoms with van der Waals surface area (Å²) < 4.78 is 39.3. The van der Waals surface area contributed by atoms with Crippen molar-refractivity contribution in [2.75, 3.05) is 26.8 Å². The summed E-state index contributed by atoms with van der Waals surface area (Å²) in [5.41, 5.74) is 9.23. The number of amides is 2. The number of aryl methyl sites for hydroxylation is 2. The van der Waals surface area contributed by atoms with Crippen LogP contribution in [0.2, 0.25) is 10.3 Å². The number of anilines is 4. The van der Waals surface area contributed by atoms with E-state index in [0.717, 1.165) is 0 Å². The smallest absolute Gasteiger partial charge is 0.413 e. The number of nitrogens with zero attached hydrogens (tertiary/aromatic N) is 10. The standard InChI is InChI=1S/C18H20ClN7O4S.C16H16ClN7O2/c1-4-31(28,29)24-12-7-8-14(21-10-12)15-17(26(3)25-23-15)22-18(27)30-11(2)13-6-5-9-20-16(13)19;1-9(11-4-3-7-19-14(11)17)26-16(25)21-15-13(22-23-24(15)2)12-6-5-10(18)8-20-12/h5-11,24H,4H2,1-3H3,(H,22,27);3-9H,18H2,1-2H3,(H,21,25)/t11-;9-/m11/s1. The number of pyridine rings is 4. The Labute approximate surface area is 336 Å². The molecule has 0 aliphatic carbocycles. The molecule has 6 rings (SSSR count). The first-order valence-corrected chi connectivity index (χ1v) is 19.2. The molecule has 6 heterocycles. The summed E-state index contributed by atoms with van der Waals surface area (Å²) in [4.78, 5) is 41.0. The minimum absolute atomic E-state index is 0.0578. The molecular weight excluding hydrogens is 803 g/mol. The Bertz CT molecular complexity index is 2450. The molecule has 0 aliphatic heterocycles. The number of hydrogen-bond donors (Lipinski definition) is 4. The average molecular weight is 840 g/mol. The summed E-state index contributed by atoms with van der Waals surface area (Å²) in [6.45, 7) is 4.90. The van der Waals surface area contributed by atoms with E-state index >= 15 is 0 Å². The highest BCUT2D eigenvalue weighted by Crippen LogP contribution is 2.28. The quantitative estimate of drug-likeness (QED) is 0.112. The molecule has 2 amide bonds. The number of carbonyl (C=O) groups is 2.